The van der Waals surface area contributed by atoms with Gasteiger partial charge in [-0.25, -0.2) is 4.98 Å². The third kappa shape index (κ3) is 3.78. The van der Waals surface area contributed by atoms with Gasteiger partial charge in [-0.2, -0.15) is 0 Å². The fraction of sp³-hybridized carbons (Fsp3) is 0.267. The molecular weight excluding hydrogens is 252 g/mol. The number of rotatable bonds is 5. The monoisotopic (exact) mass is 270 g/mol. The molecule has 0 spiro atoms. The van der Waals surface area contributed by atoms with E-state index in [1.807, 2.05) is 32.0 Å². The summed E-state index contributed by atoms with van der Waals surface area (Å²) >= 11 is 0. The predicted octanol–water partition coefficient (Wildman–Crippen LogP) is 1.94. The van der Waals surface area contributed by atoms with E-state index in [1.165, 1.54) is 0 Å². The molecule has 0 aliphatic rings. The molecular formula is C15H18N4O. The van der Waals surface area contributed by atoms with Gasteiger partial charge in [-0.15, -0.1) is 0 Å². The second kappa shape index (κ2) is 6.65. The Hall–Kier alpha value is -2.43. The highest BCUT2D eigenvalue weighted by Crippen LogP contribution is 2.10. The number of benzene rings is 1. The van der Waals surface area contributed by atoms with E-state index in [0.717, 1.165) is 16.7 Å². The molecule has 0 bridgehead atoms. The zero-order valence-corrected chi connectivity index (χ0v) is 11.7. The lowest BCUT2D eigenvalue weighted by molar-refractivity contribution is 0.0954. The van der Waals surface area contributed by atoms with E-state index in [9.17, 15) is 4.79 Å². The molecule has 1 amide bonds. The van der Waals surface area contributed by atoms with Crippen molar-refractivity contribution in [3.05, 3.63) is 53.5 Å². The zero-order chi connectivity index (χ0) is 14.4. The summed E-state index contributed by atoms with van der Waals surface area (Å²) in [6, 6.07) is 5.81. The van der Waals surface area contributed by atoms with Crippen molar-refractivity contribution in [3.8, 4) is 0 Å². The first-order valence-electron chi connectivity index (χ1n) is 6.52. The van der Waals surface area contributed by atoms with Crippen LogP contribution in [0.5, 0.6) is 0 Å². The fourth-order valence-corrected chi connectivity index (χ4v) is 1.92. The van der Waals surface area contributed by atoms with Gasteiger partial charge >= 0.3 is 0 Å². The molecule has 2 rings (SSSR count). The average Bonchev–Trinajstić information content (AvgIpc) is 2.44. The maximum absolute atomic E-state index is 12.0. The molecule has 5 heteroatoms. The topological polar surface area (TPSA) is 66.9 Å². The lowest BCUT2D eigenvalue weighted by atomic mass is 10.1. The van der Waals surface area contributed by atoms with Crippen molar-refractivity contribution in [2.24, 2.45) is 0 Å². The number of amides is 1. The Labute approximate surface area is 118 Å². The summed E-state index contributed by atoms with van der Waals surface area (Å²) in [4.78, 5) is 20.1. The van der Waals surface area contributed by atoms with Gasteiger partial charge in [0.1, 0.15) is 5.82 Å². The minimum atomic E-state index is -0.0524. The largest absolute Gasteiger partial charge is 0.367 e. The van der Waals surface area contributed by atoms with E-state index in [-0.39, 0.29) is 5.91 Å². The minimum Gasteiger partial charge on any atom is -0.367 e. The molecule has 2 N–H and O–H groups in total. The predicted molar refractivity (Wildman–Crippen MR) is 78.8 cm³/mol. The van der Waals surface area contributed by atoms with E-state index >= 15 is 0 Å². The van der Waals surface area contributed by atoms with Crippen molar-refractivity contribution < 1.29 is 4.79 Å². The van der Waals surface area contributed by atoms with Gasteiger partial charge in [-0.3, -0.25) is 9.78 Å². The number of aryl methyl sites for hydroxylation is 2. The van der Waals surface area contributed by atoms with Crippen molar-refractivity contribution in [2.45, 2.75) is 13.8 Å². The first-order chi connectivity index (χ1) is 9.66. The Morgan fingerprint density at radius 2 is 2.05 bits per heavy atom. The van der Waals surface area contributed by atoms with Crippen molar-refractivity contribution >= 4 is 11.7 Å². The van der Waals surface area contributed by atoms with E-state index in [0.29, 0.717) is 18.9 Å². The van der Waals surface area contributed by atoms with Gasteiger partial charge in [0.25, 0.3) is 5.91 Å². The van der Waals surface area contributed by atoms with E-state index in [4.69, 9.17) is 0 Å². The van der Waals surface area contributed by atoms with Gasteiger partial charge in [0.15, 0.2) is 0 Å². The lowest BCUT2D eigenvalue weighted by Gasteiger charge is -2.09. The molecule has 0 aliphatic heterocycles. The molecule has 0 atom stereocenters. The molecule has 0 radical (unpaired) electrons. The summed E-state index contributed by atoms with van der Waals surface area (Å²) in [7, 11) is 0. The number of carbonyl (C=O) groups excluding carboxylic acids is 1. The standard InChI is InChI=1S/C15H18N4O/c1-11-3-4-13(12(2)9-11)15(20)19-8-7-18-14-10-16-5-6-17-14/h3-6,9-10H,7-8H2,1-2H3,(H,17,18)(H,19,20). The van der Waals surface area contributed by atoms with Crippen LogP contribution in [0.25, 0.3) is 0 Å². The lowest BCUT2D eigenvalue weighted by Crippen LogP contribution is -2.29. The Morgan fingerprint density at radius 3 is 2.75 bits per heavy atom. The number of carbonyl (C=O) groups is 1. The molecule has 104 valence electrons. The number of hydrogen-bond acceptors (Lipinski definition) is 4. The Bertz CT molecular complexity index is 584. The van der Waals surface area contributed by atoms with Crippen LogP contribution in [-0.2, 0) is 0 Å². The summed E-state index contributed by atoms with van der Waals surface area (Å²) in [5.74, 6) is 0.650. The van der Waals surface area contributed by atoms with Gasteiger partial charge < -0.3 is 10.6 Å². The summed E-state index contributed by atoms with van der Waals surface area (Å²) in [6.45, 7) is 5.09. The summed E-state index contributed by atoms with van der Waals surface area (Å²) in [6.07, 6.45) is 4.88. The van der Waals surface area contributed by atoms with Crippen molar-refractivity contribution in [2.75, 3.05) is 18.4 Å². The number of anilines is 1. The quantitative estimate of drug-likeness (QED) is 0.815. The third-order valence-electron chi connectivity index (χ3n) is 2.91. The van der Waals surface area contributed by atoms with Crippen molar-refractivity contribution in [3.63, 3.8) is 0 Å². The zero-order valence-electron chi connectivity index (χ0n) is 11.7. The van der Waals surface area contributed by atoms with Gasteiger partial charge in [-0.05, 0) is 25.5 Å². The maximum Gasteiger partial charge on any atom is 0.251 e. The summed E-state index contributed by atoms with van der Waals surface area (Å²) in [5.41, 5.74) is 2.86. The molecule has 1 aromatic carbocycles. The Balaban J connectivity index is 1.80. The molecule has 20 heavy (non-hydrogen) atoms. The maximum atomic E-state index is 12.0. The van der Waals surface area contributed by atoms with Crippen LogP contribution in [-0.4, -0.2) is 29.0 Å². The second-order valence-electron chi connectivity index (χ2n) is 4.59. The van der Waals surface area contributed by atoms with Crippen LogP contribution in [0.3, 0.4) is 0 Å². The Morgan fingerprint density at radius 1 is 1.20 bits per heavy atom. The molecule has 1 heterocycles. The summed E-state index contributed by atoms with van der Waals surface area (Å²) in [5, 5.41) is 5.97. The molecule has 5 nitrogen and oxygen atoms in total. The van der Waals surface area contributed by atoms with Gasteiger partial charge in [0.05, 0.1) is 6.20 Å². The van der Waals surface area contributed by atoms with Crippen molar-refractivity contribution in [1.82, 2.24) is 15.3 Å². The highest BCUT2D eigenvalue weighted by molar-refractivity contribution is 5.95. The molecule has 0 saturated carbocycles. The smallest absolute Gasteiger partial charge is 0.251 e. The van der Waals surface area contributed by atoms with Crippen LogP contribution in [0.1, 0.15) is 21.5 Å². The van der Waals surface area contributed by atoms with Crippen molar-refractivity contribution in [1.29, 1.82) is 0 Å². The number of hydrogen-bond donors (Lipinski definition) is 2. The first-order valence-corrected chi connectivity index (χ1v) is 6.52. The molecule has 0 fully saturated rings. The van der Waals surface area contributed by atoms with Crippen LogP contribution in [0.4, 0.5) is 5.82 Å². The van der Waals surface area contributed by atoms with Crippen LogP contribution in [0.15, 0.2) is 36.8 Å². The molecule has 2 aromatic rings. The number of nitrogens with one attached hydrogen (secondary N) is 2. The van der Waals surface area contributed by atoms with E-state index < -0.39 is 0 Å². The fourth-order valence-electron chi connectivity index (χ4n) is 1.92. The molecule has 0 unspecified atom stereocenters. The van der Waals surface area contributed by atoms with Gasteiger partial charge in [0.2, 0.25) is 0 Å². The normalized spacial score (nSPS) is 10.1. The van der Waals surface area contributed by atoms with Gasteiger partial charge in [0, 0.05) is 31.0 Å². The van der Waals surface area contributed by atoms with Crippen LogP contribution in [0.2, 0.25) is 0 Å². The van der Waals surface area contributed by atoms with Crippen LogP contribution >= 0.6 is 0 Å². The average molecular weight is 270 g/mol. The van der Waals surface area contributed by atoms with Gasteiger partial charge in [-0.1, -0.05) is 17.7 Å². The first kappa shape index (κ1) is 14.0. The minimum absolute atomic E-state index is 0.0524. The van der Waals surface area contributed by atoms with Crippen LogP contribution in [0, 0.1) is 13.8 Å². The van der Waals surface area contributed by atoms with Crippen LogP contribution < -0.4 is 10.6 Å². The summed E-state index contributed by atoms with van der Waals surface area (Å²) < 4.78 is 0. The second-order valence-corrected chi connectivity index (χ2v) is 4.59. The highest BCUT2D eigenvalue weighted by Gasteiger charge is 2.07. The third-order valence-corrected chi connectivity index (χ3v) is 2.91. The molecule has 1 aromatic heterocycles. The SMILES string of the molecule is Cc1ccc(C(=O)NCCNc2cnccn2)c(C)c1. The molecule has 0 saturated heterocycles. The highest BCUT2D eigenvalue weighted by atomic mass is 16.1. The number of aromatic nitrogens is 2. The Kier molecular flexibility index (Phi) is 4.65. The number of nitrogens with zero attached hydrogens (tertiary/aromatic N) is 2. The van der Waals surface area contributed by atoms with E-state index in [2.05, 4.69) is 20.6 Å². The molecule has 0 aliphatic carbocycles. The van der Waals surface area contributed by atoms with E-state index in [1.54, 1.807) is 18.6 Å².